The molecule has 0 fully saturated rings. The van der Waals surface area contributed by atoms with Crippen LogP contribution in [0.25, 0.3) is 0 Å². The van der Waals surface area contributed by atoms with Crippen LogP contribution in [-0.4, -0.2) is 25.1 Å². The maximum atomic E-state index is 8.69. The largest absolute Gasteiger partial charge is 0.465 e. The Morgan fingerprint density at radius 2 is 2.00 bits per heavy atom. The molecule has 3 nitrogen and oxygen atoms in total. The minimum absolute atomic E-state index is 0.0609. The number of aliphatic hydroxyl groups excluding tert-OH is 1. The molecule has 0 amide bonds. The highest BCUT2D eigenvalue weighted by Crippen LogP contribution is 2.12. The average molecular weight is 182 g/mol. The molecule has 0 saturated carbocycles. The van der Waals surface area contributed by atoms with Gasteiger partial charge in [-0.25, -0.2) is 0 Å². The molecule has 3 heteroatoms. The lowest BCUT2D eigenvalue weighted by molar-refractivity contribution is -0.0656. The number of para-hydroxylation sites is 1. The van der Waals surface area contributed by atoms with Crippen molar-refractivity contribution in [3.8, 4) is 5.75 Å². The minimum atomic E-state index is -0.368. The van der Waals surface area contributed by atoms with Crippen molar-refractivity contribution in [1.29, 1.82) is 0 Å². The van der Waals surface area contributed by atoms with E-state index >= 15 is 0 Å². The first-order valence-electron chi connectivity index (χ1n) is 4.22. The van der Waals surface area contributed by atoms with E-state index in [2.05, 4.69) is 0 Å². The Morgan fingerprint density at radius 1 is 1.31 bits per heavy atom. The van der Waals surface area contributed by atoms with E-state index in [1.54, 1.807) is 7.11 Å². The number of aliphatic hydroxyl groups is 1. The first kappa shape index (κ1) is 10.0. The topological polar surface area (TPSA) is 38.7 Å². The molecule has 0 aliphatic heterocycles. The number of methoxy groups -OCH3 is 1. The summed E-state index contributed by atoms with van der Waals surface area (Å²) in [5, 5.41) is 8.69. The fourth-order valence-corrected chi connectivity index (χ4v) is 0.981. The molecule has 1 rings (SSSR count). The highest BCUT2D eigenvalue weighted by Gasteiger charge is 2.06. The second-order valence-electron chi connectivity index (χ2n) is 2.61. The predicted molar refractivity (Wildman–Crippen MR) is 49.6 cm³/mol. The van der Waals surface area contributed by atoms with Crippen LogP contribution in [0.3, 0.4) is 0 Å². The molecule has 0 saturated heterocycles. The van der Waals surface area contributed by atoms with Gasteiger partial charge in [0.15, 0.2) is 0 Å². The Kier molecular flexibility index (Phi) is 4.29. The standard InChI is InChI=1S/C10H14O3/c1-12-10(7-8-11)13-9-5-3-2-4-6-9/h2-6,10-11H,7-8H2,1H3. The van der Waals surface area contributed by atoms with Gasteiger partial charge in [0.05, 0.1) is 0 Å². The molecular formula is C10H14O3. The van der Waals surface area contributed by atoms with E-state index in [9.17, 15) is 0 Å². The molecular weight excluding hydrogens is 168 g/mol. The van der Waals surface area contributed by atoms with Crippen molar-refractivity contribution >= 4 is 0 Å². The zero-order valence-electron chi connectivity index (χ0n) is 7.64. The fraction of sp³-hybridized carbons (Fsp3) is 0.400. The van der Waals surface area contributed by atoms with Crippen LogP contribution in [0.15, 0.2) is 30.3 Å². The van der Waals surface area contributed by atoms with Crippen LogP contribution in [0, 0.1) is 0 Å². The van der Waals surface area contributed by atoms with Crippen LogP contribution in [0.5, 0.6) is 5.75 Å². The molecule has 0 bridgehead atoms. The van der Waals surface area contributed by atoms with Gasteiger partial charge in [-0.1, -0.05) is 18.2 Å². The highest BCUT2D eigenvalue weighted by atomic mass is 16.7. The Morgan fingerprint density at radius 3 is 2.54 bits per heavy atom. The van der Waals surface area contributed by atoms with E-state index in [1.165, 1.54) is 0 Å². The Hall–Kier alpha value is -1.06. The van der Waals surface area contributed by atoms with E-state index in [0.29, 0.717) is 6.42 Å². The van der Waals surface area contributed by atoms with E-state index in [1.807, 2.05) is 30.3 Å². The van der Waals surface area contributed by atoms with Crippen molar-refractivity contribution in [3.63, 3.8) is 0 Å². The van der Waals surface area contributed by atoms with Crippen molar-refractivity contribution in [2.75, 3.05) is 13.7 Å². The van der Waals surface area contributed by atoms with Crippen molar-refractivity contribution < 1.29 is 14.6 Å². The Labute approximate surface area is 77.9 Å². The lowest BCUT2D eigenvalue weighted by atomic mass is 10.3. The summed E-state index contributed by atoms with van der Waals surface area (Å²) < 4.78 is 10.4. The van der Waals surface area contributed by atoms with E-state index in [-0.39, 0.29) is 12.9 Å². The first-order valence-corrected chi connectivity index (χ1v) is 4.22. The molecule has 1 aromatic rings. The second-order valence-corrected chi connectivity index (χ2v) is 2.61. The maximum Gasteiger partial charge on any atom is 0.201 e. The van der Waals surface area contributed by atoms with Gasteiger partial charge in [-0.2, -0.15) is 0 Å². The summed E-state index contributed by atoms with van der Waals surface area (Å²) in [6, 6.07) is 9.40. The van der Waals surface area contributed by atoms with Crippen molar-refractivity contribution in [2.45, 2.75) is 12.7 Å². The van der Waals surface area contributed by atoms with Crippen molar-refractivity contribution in [3.05, 3.63) is 30.3 Å². The molecule has 72 valence electrons. The number of benzene rings is 1. The summed E-state index contributed by atoms with van der Waals surface area (Å²) in [6.07, 6.45) is 0.109. The van der Waals surface area contributed by atoms with Crippen LogP contribution in [-0.2, 0) is 4.74 Å². The van der Waals surface area contributed by atoms with Gasteiger partial charge in [-0.05, 0) is 12.1 Å². The second kappa shape index (κ2) is 5.56. The molecule has 0 heterocycles. The van der Waals surface area contributed by atoms with Gasteiger partial charge in [0, 0.05) is 20.1 Å². The molecule has 0 aliphatic rings. The number of hydrogen-bond acceptors (Lipinski definition) is 3. The van der Waals surface area contributed by atoms with E-state index in [4.69, 9.17) is 14.6 Å². The van der Waals surface area contributed by atoms with Gasteiger partial charge < -0.3 is 14.6 Å². The van der Waals surface area contributed by atoms with E-state index in [0.717, 1.165) is 5.75 Å². The lowest BCUT2D eigenvalue weighted by Crippen LogP contribution is -2.20. The molecule has 1 aromatic carbocycles. The van der Waals surface area contributed by atoms with Gasteiger partial charge in [-0.3, -0.25) is 0 Å². The molecule has 0 aromatic heterocycles. The molecule has 0 radical (unpaired) electrons. The normalized spacial score (nSPS) is 12.5. The summed E-state index contributed by atoms with van der Waals surface area (Å²) in [4.78, 5) is 0. The third-order valence-corrected chi connectivity index (χ3v) is 1.64. The third kappa shape index (κ3) is 3.44. The smallest absolute Gasteiger partial charge is 0.201 e. The van der Waals surface area contributed by atoms with E-state index < -0.39 is 0 Å². The van der Waals surface area contributed by atoms with Crippen molar-refractivity contribution in [1.82, 2.24) is 0 Å². The van der Waals surface area contributed by atoms with Crippen LogP contribution < -0.4 is 4.74 Å². The monoisotopic (exact) mass is 182 g/mol. The van der Waals surface area contributed by atoms with Gasteiger partial charge >= 0.3 is 0 Å². The number of ether oxygens (including phenoxy) is 2. The van der Waals surface area contributed by atoms with Gasteiger partial charge in [0.1, 0.15) is 5.75 Å². The summed E-state index contributed by atoms with van der Waals surface area (Å²) in [7, 11) is 1.56. The molecule has 1 unspecified atom stereocenters. The molecule has 13 heavy (non-hydrogen) atoms. The molecule has 0 spiro atoms. The SMILES string of the molecule is COC(CCO)Oc1ccccc1. The Bertz CT molecular complexity index is 223. The summed E-state index contributed by atoms with van der Waals surface area (Å²) in [5.41, 5.74) is 0. The number of rotatable bonds is 5. The zero-order valence-corrected chi connectivity index (χ0v) is 7.64. The summed E-state index contributed by atoms with van der Waals surface area (Å²) in [6.45, 7) is 0.0609. The van der Waals surface area contributed by atoms with Crippen LogP contribution in [0.2, 0.25) is 0 Å². The van der Waals surface area contributed by atoms with Crippen molar-refractivity contribution in [2.24, 2.45) is 0 Å². The zero-order chi connectivity index (χ0) is 9.52. The summed E-state index contributed by atoms with van der Waals surface area (Å²) >= 11 is 0. The Balaban J connectivity index is 2.46. The quantitative estimate of drug-likeness (QED) is 0.700. The highest BCUT2D eigenvalue weighted by molar-refractivity contribution is 5.20. The minimum Gasteiger partial charge on any atom is -0.465 e. The van der Waals surface area contributed by atoms with Gasteiger partial charge in [0.2, 0.25) is 6.29 Å². The first-order chi connectivity index (χ1) is 6.36. The predicted octanol–water partition coefficient (Wildman–Crippen LogP) is 1.42. The third-order valence-electron chi connectivity index (χ3n) is 1.64. The lowest BCUT2D eigenvalue weighted by Gasteiger charge is -2.15. The molecule has 1 N–H and O–H groups in total. The van der Waals surface area contributed by atoms with Crippen LogP contribution >= 0.6 is 0 Å². The number of hydrogen-bond donors (Lipinski definition) is 1. The average Bonchev–Trinajstić information content (AvgIpc) is 2.19. The molecule has 0 aliphatic carbocycles. The fourth-order valence-electron chi connectivity index (χ4n) is 0.981. The van der Waals surface area contributed by atoms with Gasteiger partial charge in [0.25, 0.3) is 0 Å². The maximum absolute atomic E-state index is 8.69. The van der Waals surface area contributed by atoms with Crippen LogP contribution in [0.1, 0.15) is 6.42 Å². The van der Waals surface area contributed by atoms with Gasteiger partial charge in [-0.15, -0.1) is 0 Å². The molecule has 1 atom stereocenters. The van der Waals surface area contributed by atoms with Crippen LogP contribution in [0.4, 0.5) is 0 Å². The summed E-state index contributed by atoms with van der Waals surface area (Å²) in [5.74, 6) is 0.753.